The van der Waals surface area contributed by atoms with Crippen LogP contribution < -0.4 is 4.90 Å². The summed E-state index contributed by atoms with van der Waals surface area (Å²) in [5.41, 5.74) is 4.45. The van der Waals surface area contributed by atoms with E-state index in [0.29, 0.717) is 16.6 Å². The third kappa shape index (κ3) is 7.37. The lowest BCUT2D eigenvalue weighted by molar-refractivity contribution is -0.134. The Hall–Kier alpha value is -3.34. The monoisotopic (exact) mass is 547 g/mol. The lowest BCUT2D eigenvalue weighted by Crippen LogP contribution is -2.36. The number of methoxy groups -OCH3 is 1. The Bertz CT molecular complexity index is 1300. The van der Waals surface area contributed by atoms with Crippen LogP contribution in [-0.2, 0) is 20.9 Å². The van der Waals surface area contributed by atoms with Gasteiger partial charge in [0.1, 0.15) is 0 Å². The van der Waals surface area contributed by atoms with Crippen molar-refractivity contribution in [2.24, 2.45) is 5.92 Å². The van der Waals surface area contributed by atoms with Crippen molar-refractivity contribution in [3.05, 3.63) is 105 Å². The quantitative estimate of drug-likeness (QED) is 0.161. The van der Waals surface area contributed by atoms with Crippen LogP contribution in [0.2, 0.25) is 10.0 Å². The first kappa shape index (κ1) is 27.7. The number of ether oxygens (including phenoxy) is 1. The molecule has 1 aliphatic rings. The maximum absolute atomic E-state index is 13.7. The molecule has 0 aromatic heterocycles. The molecule has 38 heavy (non-hydrogen) atoms. The lowest BCUT2D eigenvalue weighted by atomic mass is 9.88. The standard InChI is InChI=1S/C32H31Cl2NO3/c1-38-31(36)20-18-24-7-5-10-27(21-24)35(32(37)26-8-3-2-4-9-26)22-25-15-13-23(14-16-25)17-19-28-29(33)11-6-12-30(28)34/h5-7,10-21,26H,2-4,8-9,22H2,1H3/b19-17+,20-18+. The molecule has 0 radical (unpaired) electrons. The second kappa shape index (κ2) is 13.5. The summed E-state index contributed by atoms with van der Waals surface area (Å²) in [6, 6.07) is 21.3. The zero-order valence-corrected chi connectivity index (χ0v) is 22.9. The van der Waals surface area contributed by atoms with E-state index >= 15 is 0 Å². The van der Waals surface area contributed by atoms with Crippen molar-refractivity contribution in [2.75, 3.05) is 12.0 Å². The summed E-state index contributed by atoms with van der Waals surface area (Å²) in [6.45, 7) is 0.458. The molecule has 0 spiro atoms. The molecule has 0 aliphatic heterocycles. The molecule has 196 valence electrons. The Balaban J connectivity index is 1.57. The minimum Gasteiger partial charge on any atom is -0.466 e. The van der Waals surface area contributed by atoms with Gasteiger partial charge in [0.15, 0.2) is 0 Å². The predicted molar refractivity (Wildman–Crippen MR) is 157 cm³/mol. The van der Waals surface area contributed by atoms with E-state index in [1.165, 1.54) is 19.6 Å². The van der Waals surface area contributed by atoms with Gasteiger partial charge >= 0.3 is 5.97 Å². The molecule has 1 fully saturated rings. The highest BCUT2D eigenvalue weighted by Gasteiger charge is 2.27. The van der Waals surface area contributed by atoms with Gasteiger partial charge in [-0.3, -0.25) is 4.79 Å². The Kier molecular flexibility index (Phi) is 9.80. The van der Waals surface area contributed by atoms with Crippen LogP contribution in [0, 0.1) is 5.92 Å². The fourth-order valence-corrected chi connectivity index (χ4v) is 5.18. The van der Waals surface area contributed by atoms with Crippen LogP contribution in [0.4, 0.5) is 5.69 Å². The molecule has 1 amide bonds. The van der Waals surface area contributed by atoms with E-state index in [2.05, 4.69) is 0 Å². The van der Waals surface area contributed by atoms with Crippen molar-refractivity contribution in [1.82, 2.24) is 0 Å². The second-order valence-corrected chi connectivity index (χ2v) is 10.2. The summed E-state index contributed by atoms with van der Waals surface area (Å²) in [6.07, 6.45) is 12.2. The third-order valence-electron chi connectivity index (χ3n) is 6.78. The van der Waals surface area contributed by atoms with Gasteiger partial charge in [-0.25, -0.2) is 4.79 Å². The van der Waals surface area contributed by atoms with Crippen molar-refractivity contribution in [2.45, 2.75) is 38.6 Å². The molecule has 1 aliphatic carbocycles. The first-order chi connectivity index (χ1) is 18.4. The van der Waals surface area contributed by atoms with Crippen molar-refractivity contribution in [3.8, 4) is 0 Å². The maximum atomic E-state index is 13.7. The number of benzene rings is 3. The number of hydrogen-bond acceptors (Lipinski definition) is 3. The molecule has 1 saturated carbocycles. The van der Waals surface area contributed by atoms with E-state index in [9.17, 15) is 9.59 Å². The van der Waals surface area contributed by atoms with Gasteiger partial charge in [-0.15, -0.1) is 0 Å². The molecule has 0 saturated heterocycles. The number of carbonyl (C=O) groups is 2. The average Bonchev–Trinajstić information content (AvgIpc) is 2.95. The number of hydrogen-bond donors (Lipinski definition) is 0. The minimum atomic E-state index is -0.420. The summed E-state index contributed by atoms with van der Waals surface area (Å²) in [5.74, 6) is -0.242. The highest BCUT2D eigenvalue weighted by molar-refractivity contribution is 6.37. The Morgan fingerprint density at radius 1 is 0.868 bits per heavy atom. The van der Waals surface area contributed by atoms with Gasteiger partial charge < -0.3 is 9.64 Å². The van der Waals surface area contributed by atoms with Gasteiger partial charge in [0.2, 0.25) is 5.91 Å². The molecular formula is C32H31Cl2NO3. The number of esters is 1. The van der Waals surface area contributed by atoms with Gasteiger partial charge in [-0.1, -0.05) is 97.1 Å². The van der Waals surface area contributed by atoms with Crippen LogP contribution in [-0.4, -0.2) is 19.0 Å². The smallest absolute Gasteiger partial charge is 0.330 e. The fourth-order valence-electron chi connectivity index (χ4n) is 4.66. The van der Waals surface area contributed by atoms with Gasteiger partial charge in [-0.05, 0) is 59.9 Å². The highest BCUT2D eigenvalue weighted by atomic mass is 35.5. The molecular weight excluding hydrogens is 517 g/mol. The van der Waals surface area contributed by atoms with E-state index in [-0.39, 0.29) is 11.8 Å². The van der Waals surface area contributed by atoms with E-state index in [1.54, 1.807) is 6.08 Å². The van der Waals surface area contributed by atoms with Crippen LogP contribution in [0.15, 0.2) is 72.8 Å². The van der Waals surface area contributed by atoms with Crippen LogP contribution in [0.25, 0.3) is 18.2 Å². The Morgan fingerprint density at radius 2 is 1.55 bits per heavy atom. The number of amides is 1. The largest absolute Gasteiger partial charge is 0.466 e. The average molecular weight is 549 g/mol. The highest BCUT2D eigenvalue weighted by Crippen LogP contribution is 2.30. The summed E-state index contributed by atoms with van der Waals surface area (Å²) in [4.78, 5) is 27.1. The van der Waals surface area contributed by atoms with Crippen molar-refractivity contribution >= 4 is 59.0 Å². The van der Waals surface area contributed by atoms with E-state index in [4.69, 9.17) is 27.9 Å². The molecule has 6 heteroatoms. The molecule has 0 heterocycles. The maximum Gasteiger partial charge on any atom is 0.330 e. The Morgan fingerprint density at radius 3 is 2.24 bits per heavy atom. The van der Waals surface area contributed by atoms with E-state index in [0.717, 1.165) is 53.6 Å². The molecule has 4 rings (SSSR count). The van der Waals surface area contributed by atoms with Gasteiger partial charge in [0.05, 0.1) is 13.7 Å². The number of anilines is 1. The summed E-state index contributed by atoms with van der Waals surface area (Å²) in [7, 11) is 1.35. The predicted octanol–water partition coefficient (Wildman–Crippen LogP) is 8.46. The fraction of sp³-hybridized carbons (Fsp3) is 0.250. The number of nitrogens with zero attached hydrogens (tertiary/aromatic N) is 1. The molecule has 4 nitrogen and oxygen atoms in total. The summed E-state index contributed by atoms with van der Waals surface area (Å²) < 4.78 is 4.70. The first-order valence-electron chi connectivity index (χ1n) is 12.8. The molecule has 0 bridgehead atoms. The molecule has 3 aromatic carbocycles. The van der Waals surface area contributed by atoms with Gasteiger partial charge in [0, 0.05) is 33.3 Å². The van der Waals surface area contributed by atoms with Crippen molar-refractivity contribution in [1.29, 1.82) is 0 Å². The van der Waals surface area contributed by atoms with Crippen molar-refractivity contribution < 1.29 is 14.3 Å². The molecule has 0 N–H and O–H groups in total. The number of halogens is 2. The lowest BCUT2D eigenvalue weighted by Gasteiger charge is -2.30. The second-order valence-electron chi connectivity index (χ2n) is 9.42. The molecule has 0 unspecified atom stereocenters. The van der Waals surface area contributed by atoms with Gasteiger partial charge in [-0.2, -0.15) is 0 Å². The summed E-state index contributed by atoms with van der Waals surface area (Å²) >= 11 is 12.6. The topological polar surface area (TPSA) is 46.6 Å². The van der Waals surface area contributed by atoms with Crippen LogP contribution >= 0.6 is 23.2 Å². The first-order valence-corrected chi connectivity index (χ1v) is 13.6. The zero-order valence-electron chi connectivity index (χ0n) is 21.4. The number of rotatable bonds is 8. The molecule has 0 atom stereocenters. The normalized spacial score (nSPS) is 14.2. The van der Waals surface area contributed by atoms with E-state index in [1.807, 2.05) is 83.8 Å². The zero-order chi connectivity index (χ0) is 26.9. The van der Waals surface area contributed by atoms with Crippen LogP contribution in [0.3, 0.4) is 0 Å². The number of carbonyl (C=O) groups excluding carboxylic acids is 2. The molecule has 3 aromatic rings. The van der Waals surface area contributed by atoms with Crippen LogP contribution in [0.5, 0.6) is 0 Å². The minimum absolute atomic E-state index is 0.0283. The SMILES string of the molecule is COC(=O)/C=C/c1cccc(N(Cc2ccc(/C=C/c3c(Cl)cccc3Cl)cc2)C(=O)C2CCCCC2)c1. The van der Waals surface area contributed by atoms with Crippen LogP contribution in [0.1, 0.15) is 54.4 Å². The summed E-state index contributed by atoms with van der Waals surface area (Å²) in [5, 5.41) is 1.21. The Labute approximate surface area is 234 Å². The van der Waals surface area contributed by atoms with Gasteiger partial charge in [0.25, 0.3) is 0 Å². The third-order valence-corrected chi connectivity index (χ3v) is 7.44. The van der Waals surface area contributed by atoms with Crippen molar-refractivity contribution in [3.63, 3.8) is 0 Å². The van der Waals surface area contributed by atoms with E-state index < -0.39 is 5.97 Å².